The Balaban J connectivity index is 1.87. The van der Waals surface area contributed by atoms with Crippen LogP contribution in [0.2, 0.25) is 0 Å². The number of nitrogen functional groups attached to an aromatic ring is 1. The van der Waals surface area contributed by atoms with E-state index in [4.69, 9.17) is 15.4 Å². The minimum atomic E-state index is -0.566. The highest BCUT2D eigenvalue weighted by molar-refractivity contribution is 6.08. The maximum Gasteiger partial charge on any atom is 0.410 e. The molecule has 2 amide bonds. The van der Waals surface area contributed by atoms with E-state index in [9.17, 15) is 9.59 Å². The molecule has 0 radical (unpaired) electrons. The number of amides is 2. The van der Waals surface area contributed by atoms with E-state index in [1.165, 1.54) is 13.2 Å². The van der Waals surface area contributed by atoms with Gasteiger partial charge in [0.15, 0.2) is 0 Å². The summed E-state index contributed by atoms with van der Waals surface area (Å²) in [6.07, 6.45) is 1.00. The van der Waals surface area contributed by atoms with Crippen LogP contribution >= 0.6 is 0 Å². The van der Waals surface area contributed by atoms with Crippen LogP contribution in [-0.2, 0) is 9.57 Å². The third-order valence-corrected chi connectivity index (χ3v) is 6.59. The second kappa shape index (κ2) is 10.2. The van der Waals surface area contributed by atoms with E-state index in [0.29, 0.717) is 43.0 Å². The molecule has 2 aliphatic rings. The zero-order chi connectivity index (χ0) is 25.2. The van der Waals surface area contributed by atoms with Gasteiger partial charge in [-0.3, -0.25) is 10.2 Å². The molecule has 1 fully saturated rings. The number of nitrogens with one attached hydrogen (secondary N) is 1. The largest absolute Gasteiger partial charge is 0.444 e. The monoisotopic (exact) mass is 477 g/mol. The Hall–Kier alpha value is -2.88. The number of hydrogen-bond acceptors (Lipinski definition) is 7. The van der Waals surface area contributed by atoms with Gasteiger partial charge in [-0.2, -0.15) is 0 Å². The third-order valence-electron chi connectivity index (χ3n) is 6.59. The standard InChI is InChI=1S/C24H36FN5O4/c1-14-13-29(23(32)34-24(3,4)5)9-7-17(14)15(2)30-10-8-19(28-33-6)21-18(25)11-16(12-20(21)30)22(31)27-26/h11-12,14-15,17H,7-10,13,26H2,1-6H3,(H,27,31)/b28-19+/t14-,15+,17+/m1/s1. The zero-order valence-corrected chi connectivity index (χ0v) is 20.9. The Morgan fingerprint density at radius 2 is 2.00 bits per heavy atom. The van der Waals surface area contributed by atoms with Crippen molar-refractivity contribution in [3.8, 4) is 0 Å². The van der Waals surface area contributed by atoms with Crippen molar-refractivity contribution in [1.29, 1.82) is 0 Å². The number of benzene rings is 1. The van der Waals surface area contributed by atoms with Gasteiger partial charge in [0.25, 0.3) is 5.91 Å². The first-order valence-corrected chi connectivity index (χ1v) is 11.7. The Kier molecular flexibility index (Phi) is 7.70. The second-order valence-electron chi connectivity index (χ2n) is 10.1. The Labute approximate surface area is 200 Å². The first-order valence-electron chi connectivity index (χ1n) is 11.7. The van der Waals surface area contributed by atoms with Crippen molar-refractivity contribution in [2.75, 3.05) is 31.6 Å². The van der Waals surface area contributed by atoms with Gasteiger partial charge in [0.05, 0.1) is 11.3 Å². The minimum absolute atomic E-state index is 0.0363. The molecule has 10 heteroatoms. The number of carbonyl (C=O) groups excluding carboxylic acids is 2. The van der Waals surface area contributed by atoms with Gasteiger partial charge in [0, 0.05) is 43.3 Å². The van der Waals surface area contributed by atoms with Gasteiger partial charge in [-0.25, -0.2) is 15.0 Å². The van der Waals surface area contributed by atoms with Crippen molar-refractivity contribution in [2.45, 2.75) is 59.1 Å². The minimum Gasteiger partial charge on any atom is -0.444 e. The van der Waals surface area contributed by atoms with Crippen LogP contribution in [0, 0.1) is 17.7 Å². The lowest BCUT2D eigenvalue weighted by molar-refractivity contribution is 0.0100. The molecule has 2 heterocycles. The maximum absolute atomic E-state index is 15.2. The number of nitrogens with two attached hydrogens (primary N) is 1. The molecule has 1 aromatic rings. The molecule has 0 spiro atoms. The molecule has 0 bridgehead atoms. The quantitative estimate of drug-likeness (QED) is 0.391. The zero-order valence-electron chi connectivity index (χ0n) is 20.9. The summed E-state index contributed by atoms with van der Waals surface area (Å²) in [5.41, 5.74) is 3.11. The van der Waals surface area contributed by atoms with Gasteiger partial charge in [-0.05, 0) is 58.1 Å². The van der Waals surface area contributed by atoms with E-state index in [1.54, 1.807) is 11.0 Å². The maximum atomic E-state index is 15.2. The summed E-state index contributed by atoms with van der Waals surface area (Å²) >= 11 is 0. The average molecular weight is 478 g/mol. The second-order valence-corrected chi connectivity index (χ2v) is 10.1. The smallest absolute Gasteiger partial charge is 0.410 e. The highest BCUT2D eigenvalue weighted by Gasteiger charge is 2.38. The van der Waals surface area contributed by atoms with Crippen LogP contribution in [-0.4, -0.2) is 61.0 Å². The van der Waals surface area contributed by atoms with E-state index in [-0.39, 0.29) is 29.5 Å². The van der Waals surface area contributed by atoms with Crippen LogP contribution < -0.4 is 16.2 Å². The van der Waals surface area contributed by atoms with Crippen LogP contribution in [0.15, 0.2) is 17.3 Å². The van der Waals surface area contributed by atoms with Crippen LogP contribution in [0.3, 0.4) is 0 Å². The highest BCUT2D eigenvalue weighted by Crippen LogP contribution is 2.37. The number of ether oxygens (including phenoxy) is 1. The van der Waals surface area contributed by atoms with Crippen molar-refractivity contribution in [3.05, 3.63) is 29.1 Å². The molecule has 34 heavy (non-hydrogen) atoms. The Morgan fingerprint density at radius 1 is 1.29 bits per heavy atom. The summed E-state index contributed by atoms with van der Waals surface area (Å²) < 4.78 is 20.7. The molecule has 0 aromatic heterocycles. The van der Waals surface area contributed by atoms with Crippen molar-refractivity contribution < 1.29 is 23.6 Å². The van der Waals surface area contributed by atoms with Gasteiger partial charge in [0.1, 0.15) is 18.5 Å². The van der Waals surface area contributed by atoms with Crippen LogP contribution in [0.25, 0.3) is 0 Å². The van der Waals surface area contributed by atoms with Gasteiger partial charge in [-0.1, -0.05) is 12.1 Å². The fourth-order valence-electron chi connectivity index (χ4n) is 5.02. The van der Waals surface area contributed by atoms with E-state index in [2.05, 4.69) is 29.3 Å². The van der Waals surface area contributed by atoms with Gasteiger partial charge < -0.3 is 19.4 Å². The number of halogens is 1. The molecule has 0 aliphatic carbocycles. The molecule has 0 unspecified atom stereocenters. The number of piperidine rings is 1. The molecule has 188 valence electrons. The van der Waals surface area contributed by atoms with E-state index in [1.807, 2.05) is 20.8 Å². The van der Waals surface area contributed by atoms with Crippen LogP contribution in [0.4, 0.5) is 14.9 Å². The lowest BCUT2D eigenvalue weighted by Gasteiger charge is -2.45. The predicted molar refractivity (Wildman–Crippen MR) is 128 cm³/mol. The Morgan fingerprint density at radius 3 is 2.59 bits per heavy atom. The molecule has 3 N–H and O–H groups in total. The van der Waals surface area contributed by atoms with Crippen molar-refractivity contribution in [3.63, 3.8) is 0 Å². The molecule has 0 saturated carbocycles. The molecule has 2 aliphatic heterocycles. The summed E-state index contributed by atoms with van der Waals surface area (Å²) in [5, 5.41) is 4.03. The van der Waals surface area contributed by atoms with Crippen LogP contribution in [0.5, 0.6) is 0 Å². The number of likely N-dealkylation sites (tertiary alicyclic amines) is 1. The van der Waals surface area contributed by atoms with Crippen molar-refractivity contribution in [2.24, 2.45) is 22.8 Å². The number of anilines is 1. The van der Waals surface area contributed by atoms with E-state index in [0.717, 1.165) is 6.42 Å². The molecule has 3 atom stereocenters. The number of hydrogen-bond donors (Lipinski definition) is 2. The van der Waals surface area contributed by atoms with Crippen LogP contribution in [0.1, 0.15) is 63.4 Å². The topological polar surface area (TPSA) is 109 Å². The van der Waals surface area contributed by atoms with Crippen molar-refractivity contribution in [1.82, 2.24) is 10.3 Å². The van der Waals surface area contributed by atoms with Gasteiger partial charge >= 0.3 is 6.09 Å². The summed E-state index contributed by atoms with van der Waals surface area (Å²) in [7, 11) is 1.43. The first-order chi connectivity index (χ1) is 16.0. The summed E-state index contributed by atoms with van der Waals surface area (Å²) in [5.74, 6) is 4.63. The molecular weight excluding hydrogens is 441 g/mol. The van der Waals surface area contributed by atoms with Crippen molar-refractivity contribution >= 4 is 23.4 Å². The molecule has 1 saturated heterocycles. The number of carbonyl (C=O) groups is 2. The number of nitrogens with zero attached hydrogens (tertiary/aromatic N) is 3. The number of fused-ring (bicyclic) bond motifs is 1. The lowest BCUT2D eigenvalue weighted by atomic mass is 9.80. The molecule has 1 aromatic carbocycles. The average Bonchev–Trinajstić information content (AvgIpc) is 2.76. The van der Waals surface area contributed by atoms with E-state index >= 15 is 4.39 Å². The lowest BCUT2D eigenvalue weighted by Crippen LogP contribution is -2.52. The molecular formula is C24H36FN5O4. The molecule has 3 rings (SSSR count). The summed E-state index contributed by atoms with van der Waals surface area (Å²) in [6.45, 7) is 11.6. The van der Waals surface area contributed by atoms with Gasteiger partial charge in [0.2, 0.25) is 0 Å². The predicted octanol–water partition coefficient (Wildman–Crippen LogP) is 3.27. The third kappa shape index (κ3) is 5.43. The number of hydrazine groups is 1. The fraction of sp³-hybridized carbons (Fsp3) is 0.625. The van der Waals surface area contributed by atoms with E-state index < -0.39 is 17.3 Å². The first kappa shape index (κ1) is 25.7. The summed E-state index contributed by atoms with van der Waals surface area (Å²) in [4.78, 5) is 33.5. The normalized spacial score (nSPS) is 22.8. The highest BCUT2D eigenvalue weighted by atomic mass is 19.1. The summed E-state index contributed by atoms with van der Waals surface area (Å²) in [6, 6.07) is 2.86. The Bertz CT molecular complexity index is 961. The number of rotatable bonds is 4. The number of oxime groups is 1. The van der Waals surface area contributed by atoms with Gasteiger partial charge in [-0.15, -0.1) is 0 Å². The fourth-order valence-corrected chi connectivity index (χ4v) is 5.02. The molecule has 9 nitrogen and oxygen atoms in total. The SMILES string of the molecule is CO/N=C1\CCN([C@@H](C)[C@H]2CCN(C(=O)OC(C)(C)C)C[C@H]2C)c2cc(C(=O)NN)cc(F)c21.